The standard InChI is InChI=1S/C11H13ClF3NO2/c12-10-6-16-3-1-8(10)5-9(17)2-4-18-7-11(13,14)15/h1,3,6,9,17H,2,4-5,7H2. The number of ether oxygens (including phenoxy) is 1. The molecule has 1 aromatic heterocycles. The maximum Gasteiger partial charge on any atom is 0.411 e. The Balaban J connectivity index is 2.26. The van der Waals surface area contributed by atoms with E-state index < -0.39 is 18.9 Å². The van der Waals surface area contributed by atoms with E-state index in [2.05, 4.69) is 9.72 Å². The number of aromatic nitrogens is 1. The molecular formula is C11H13ClF3NO2. The van der Waals surface area contributed by atoms with Crippen molar-refractivity contribution in [3.05, 3.63) is 29.0 Å². The zero-order chi connectivity index (χ0) is 13.6. The lowest BCUT2D eigenvalue weighted by Gasteiger charge is -2.12. The molecule has 1 heterocycles. The van der Waals surface area contributed by atoms with Gasteiger partial charge in [-0.15, -0.1) is 0 Å². The number of pyridine rings is 1. The molecule has 0 fully saturated rings. The molecule has 0 saturated heterocycles. The van der Waals surface area contributed by atoms with Crippen molar-refractivity contribution in [1.29, 1.82) is 0 Å². The fourth-order valence-electron chi connectivity index (χ4n) is 1.33. The Hall–Kier alpha value is -0.850. The summed E-state index contributed by atoms with van der Waals surface area (Å²) >= 11 is 5.84. The fraction of sp³-hybridized carbons (Fsp3) is 0.545. The average molecular weight is 284 g/mol. The van der Waals surface area contributed by atoms with Gasteiger partial charge in [0.2, 0.25) is 0 Å². The summed E-state index contributed by atoms with van der Waals surface area (Å²) in [5.74, 6) is 0. The van der Waals surface area contributed by atoms with E-state index in [1.165, 1.54) is 12.4 Å². The summed E-state index contributed by atoms with van der Waals surface area (Å²) in [6.07, 6.45) is -1.76. The molecule has 0 spiro atoms. The maximum atomic E-state index is 11.8. The first-order valence-corrected chi connectivity index (χ1v) is 5.67. The lowest BCUT2D eigenvalue weighted by Crippen LogP contribution is -2.20. The maximum absolute atomic E-state index is 11.8. The van der Waals surface area contributed by atoms with Crippen LogP contribution in [0.1, 0.15) is 12.0 Å². The molecule has 18 heavy (non-hydrogen) atoms. The second-order valence-corrected chi connectivity index (χ2v) is 4.19. The van der Waals surface area contributed by atoms with Gasteiger partial charge >= 0.3 is 6.18 Å². The minimum absolute atomic E-state index is 0.120. The highest BCUT2D eigenvalue weighted by Crippen LogP contribution is 2.17. The average Bonchev–Trinajstić information content (AvgIpc) is 2.26. The van der Waals surface area contributed by atoms with Crippen molar-refractivity contribution in [3.63, 3.8) is 0 Å². The summed E-state index contributed by atoms with van der Waals surface area (Å²) < 4.78 is 39.7. The Kier molecular flexibility index (Phi) is 5.84. The van der Waals surface area contributed by atoms with Gasteiger partial charge in [0.1, 0.15) is 6.61 Å². The van der Waals surface area contributed by atoms with Crippen LogP contribution in [0.3, 0.4) is 0 Å². The van der Waals surface area contributed by atoms with Gasteiger partial charge in [0.05, 0.1) is 11.1 Å². The number of halogens is 4. The first-order chi connectivity index (χ1) is 8.38. The molecule has 0 aliphatic heterocycles. The molecule has 0 amide bonds. The van der Waals surface area contributed by atoms with Gasteiger partial charge in [0, 0.05) is 25.4 Å². The second-order valence-electron chi connectivity index (χ2n) is 3.78. The van der Waals surface area contributed by atoms with Crippen LogP contribution in [0.4, 0.5) is 13.2 Å². The molecule has 1 rings (SSSR count). The molecule has 1 N–H and O–H groups in total. The number of hydrogen-bond donors (Lipinski definition) is 1. The van der Waals surface area contributed by atoms with Gasteiger partial charge in [-0.2, -0.15) is 13.2 Å². The van der Waals surface area contributed by atoms with E-state index in [0.29, 0.717) is 10.6 Å². The van der Waals surface area contributed by atoms with Crippen LogP contribution in [-0.2, 0) is 11.2 Å². The van der Waals surface area contributed by atoms with E-state index >= 15 is 0 Å². The lowest BCUT2D eigenvalue weighted by molar-refractivity contribution is -0.175. The first-order valence-electron chi connectivity index (χ1n) is 5.29. The monoisotopic (exact) mass is 283 g/mol. The Morgan fingerprint density at radius 2 is 2.17 bits per heavy atom. The van der Waals surface area contributed by atoms with Gasteiger partial charge in [-0.1, -0.05) is 11.6 Å². The zero-order valence-electron chi connectivity index (χ0n) is 9.45. The van der Waals surface area contributed by atoms with Gasteiger partial charge in [-0.05, 0) is 18.1 Å². The van der Waals surface area contributed by atoms with E-state index in [9.17, 15) is 18.3 Å². The van der Waals surface area contributed by atoms with E-state index in [4.69, 9.17) is 11.6 Å². The van der Waals surface area contributed by atoms with Crippen LogP contribution in [0.15, 0.2) is 18.5 Å². The molecule has 0 aromatic carbocycles. The van der Waals surface area contributed by atoms with Gasteiger partial charge in [0.25, 0.3) is 0 Å². The van der Waals surface area contributed by atoms with Crippen molar-refractivity contribution >= 4 is 11.6 Å². The van der Waals surface area contributed by atoms with Crippen molar-refractivity contribution in [3.8, 4) is 0 Å². The zero-order valence-corrected chi connectivity index (χ0v) is 10.2. The molecule has 0 aliphatic rings. The third-order valence-electron chi connectivity index (χ3n) is 2.17. The van der Waals surface area contributed by atoms with Crippen molar-refractivity contribution in [2.24, 2.45) is 0 Å². The molecule has 1 unspecified atom stereocenters. The van der Waals surface area contributed by atoms with Gasteiger partial charge in [-0.25, -0.2) is 0 Å². The quantitative estimate of drug-likeness (QED) is 0.816. The van der Waals surface area contributed by atoms with Crippen LogP contribution in [0.2, 0.25) is 5.02 Å². The van der Waals surface area contributed by atoms with Crippen molar-refractivity contribution in [2.45, 2.75) is 25.1 Å². The number of rotatable bonds is 6. The summed E-state index contributed by atoms with van der Waals surface area (Å²) in [6.45, 7) is -1.45. The number of nitrogens with zero attached hydrogens (tertiary/aromatic N) is 1. The Morgan fingerprint density at radius 1 is 1.44 bits per heavy atom. The molecule has 102 valence electrons. The number of alkyl halides is 3. The minimum Gasteiger partial charge on any atom is -0.393 e. The van der Waals surface area contributed by atoms with Crippen LogP contribution in [0.5, 0.6) is 0 Å². The SMILES string of the molecule is OC(CCOCC(F)(F)F)Cc1ccncc1Cl. The van der Waals surface area contributed by atoms with E-state index in [-0.39, 0.29) is 19.4 Å². The molecular weight excluding hydrogens is 271 g/mol. The molecule has 1 atom stereocenters. The van der Waals surface area contributed by atoms with Crippen molar-refractivity contribution < 1.29 is 23.0 Å². The molecule has 0 aliphatic carbocycles. The summed E-state index contributed by atoms with van der Waals surface area (Å²) in [5.41, 5.74) is 0.704. The predicted molar refractivity (Wildman–Crippen MR) is 60.4 cm³/mol. The number of aliphatic hydroxyl groups is 1. The Bertz CT molecular complexity index is 374. The Labute approximate surface area is 108 Å². The van der Waals surface area contributed by atoms with E-state index in [1.807, 2.05) is 0 Å². The van der Waals surface area contributed by atoms with Crippen LogP contribution < -0.4 is 0 Å². The van der Waals surface area contributed by atoms with Crippen LogP contribution in [0.25, 0.3) is 0 Å². The van der Waals surface area contributed by atoms with Crippen LogP contribution >= 0.6 is 11.6 Å². The molecule has 3 nitrogen and oxygen atoms in total. The summed E-state index contributed by atoms with van der Waals surface area (Å²) in [6, 6.07) is 1.65. The fourth-order valence-corrected chi connectivity index (χ4v) is 1.53. The normalized spacial score (nSPS) is 13.6. The van der Waals surface area contributed by atoms with Gasteiger partial charge in [0.15, 0.2) is 0 Å². The van der Waals surface area contributed by atoms with Crippen LogP contribution in [-0.4, -0.2) is 35.6 Å². The molecule has 1 aromatic rings. The summed E-state index contributed by atoms with van der Waals surface area (Å²) in [5, 5.41) is 10.0. The first kappa shape index (κ1) is 15.2. The highest BCUT2D eigenvalue weighted by atomic mass is 35.5. The molecule has 7 heteroatoms. The topological polar surface area (TPSA) is 42.4 Å². The van der Waals surface area contributed by atoms with Gasteiger partial charge < -0.3 is 9.84 Å². The van der Waals surface area contributed by atoms with Crippen molar-refractivity contribution in [2.75, 3.05) is 13.2 Å². The summed E-state index contributed by atoms with van der Waals surface area (Å²) in [7, 11) is 0. The molecule has 0 saturated carbocycles. The largest absolute Gasteiger partial charge is 0.411 e. The smallest absolute Gasteiger partial charge is 0.393 e. The number of aliphatic hydroxyl groups excluding tert-OH is 1. The van der Waals surface area contributed by atoms with E-state index in [0.717, 1.165) is 0 Å². The lowest BCUT2D eigenvalue weighted by atomic mass is 10.1. The molecule has 0 radical (unpaired) electrons. The van der Waals surface area contributed by atoms with Gasteiger partial charge in [-0.3, -0.25) is 4.98 Å². The third-order valence-corrected chi connectivity index (χ3v) is 2.51. The molecule has 0 bridgehead atoms. The predicted octanol–water partition coefficient (Wildman–Crippen LogP) is 2.61. The Morgan fingerprint density at radius 3 is 2.78 bits per heavy atom. The van der Waals surface area contributed by atoms with E-state index in [1.54, 1.807) is 6.07 Å². The minimum atomic E-state index is -4.33. The second kappa shape index (κ2) is 6.92. The number of hydrogen-bond acceptors (Lipinski definition) is 3. The summed E-state index contributed by atoms with van der Waals surface area (Å²) in [4.78, 5) is 3.79. The van der Waals surface area contributed by atoms with Crippen LogP contribution in [0, 0.1) is 0 Å². The highest BCUT2D eigenvalue weighted by Gasteiger charge is 2.27. The third kappa shape index (κ3) is 6.18. The van der Waals surface area contributed by atoms with Crippen molar-refractivity contribution in [1.82, 2.24) is 4.98 Å². The highest BCUT2D eigenvalue weighted by molar-refractivity contribution is 6.31.